The molecule has 18 heavy (non-hydrogen) atoms. The highest BCUT2D eigenvalue weighted by atomic mass is 14.7. The van der Waals surface area contributed by atoms with Crippen LogP contribution in [0.3, 0.4) is 0 Å². The quantitative estimate of drug-likeness (QED) is 0.684. The van der Waals surface area contributed by atoms with Gasteiger partial charge in [0.2, 0.25) is 0 Å². The SMILES string of the molecule is CC=CC(=Nc1ccccc1C)c1ccccc1. The summed E-state index contributed by atoms with van der Waals surface area (Å²) in [4.78, 5) is 4.75. The number of rotatable bonds is 3. The molecule has 90 valence electrons. The summed E-state index contributed by atoms with van der Waals surface area (Å²) < 4.78 is 0. The first-order valence-electron chi connectivity index (χ1n) is 6.13. The van der Waals surface area contributed by atoms with Crippen molar-refractivity contribution >= 4 is 11.4 Å². The molecule has 2 aromatic rings. The molecule has 2 aromatic carbocycles. The van der Waals surface area contributed by atoms with Crippen LogP contribution in [-0.2, 0) is 0 Å². The zero-order valence-corrected chi connectivity index (χ0v) is 10.8. The lowest BCUT2D eigenvalue weighted by molar-refractivity contribution is 1.39. The highest BCUT2D eigenvalue weighted by Crippen LogP contribution is 2.19. The Morgan fingerprint density at radius 2 is 1.61 bits per heavy atom. The molecule has 0 bridgehead atoms. The zero-order valence-electron chi connectivity index (χ0n) is 10.8. The third-order valence-electron chi connectivity index (χ3n) is 2.75. The van der Waals surface area contributed by atoms with Crippen molar-refractivity contribution in [3.63, 3.8) is 0 Å². The van der Waals surface area contributed by atoms with E-state index in [9.17, 15) is 0 Å². The van der Waals surface area contributed by atoms with Crippen molar-refractivity contribution in [3.05, 3.63) is 77.9 Å². The van der Waals surface area contributed by atoms with E-state index in [1.54, 1.807) is 0 Å². The maximum atomic E-state index is 4.75. The van der Waals surface area contributed by atoms with E-state index in [2.05, 4.69) is 25.1 Å². The topological polar surface area (TPSA) is 12.4 Å². The molecule has 0 unspecified atom stereocenters. The van der Waals surface area contributed by atoms with Gasteiger partial charge < -0.3 is 0 Å². The standard InChI is InChI=1S/C17H17N/c1-3-9-17(15-11-5-4-6-12-15)18-16-13-8-7-10-14(16)2/h3-13H,1-2H3. The molecule has 0 aliphatic carbocycles. The van der Waals surface area contributed by atoms with Crippen LogP contribution in [0.4, 0.5) is 5.69 Å². The van der Waals surface area contributed by atoms with Crippen LogP contribution < -0.4 is 0 Å². The van der Waals surface area contributed by atoms with Crippen LogP contribution in [0.5, 0.6) is 0 Å². The van der Waals surface area contributed by atoms with Gasteiger partial charge in [-0.2, -0.15) is 0 Å². The van der Waals surface area contributed by atoms with E-state index in [1.807, 2.05) is 55.5 Å². The first-order chi connectivity index (χ1) is 8.81. The summed E-state index contributed by atoms with van der Waals surface area (Å²) in [6, 6.07) is 18.4. The van der Waals surface area contributed by atoms with E-state index in [-0.39, 0.29) is 0 Å². The average molecular weight is 235 g/mol. The van der Waals surface area contributed by atoms with Crippen molar-refractivity contribution in [2.24, 2.45) is 4.99 Å². The predicted molar refractivity (Wildman–Crippen MR) is 78.6 cm³/mol. The number of allylic oxidation sites excluding steroid dienone is 2. The molecule has 0 N–H and O–H groups in total. The Labute approximate surface area is 109 Å². The van der Waals surface area contributed by atoms with Gasteiger partial charge in [-0.25, -0.2) is 4.99 Å². The maximum Gasteiger partial charge on any atom is 0.0706 e. The molecule has 1 heteroatoms. The van der Waals surface area contributed by atoms with Gasteiger partial charge in [-0.3, -0.25) is 0 Å². The van der Waals surface area contributed by atoms with Gasteiger partial charge in [0.25, 0.3) is 0 Å². The Bertz CT molecular complexity index is 565. The number of aryl methyl sites for hydroxylation is 1. The second-order valence-corrected chi connectivity index (χ2v) is 4.15. The largest absolute Gasteiger partial charge is 0.248 e. The maximum absolute atomic E-state index is 4.75. The minimum absolute atomic E-state index is 0.993. The van der Waals surface area contributed by atoms with Crippen molar-refractivity contribution in [2.45, 2.75) is 13.8 Å². The van der Waals surface area contributed by atoms with Crippen molar-refractivity contribution < 1.29 is 0 Å². The fourth-order valence-electron chi connectivity index (χ4n) is 1.78. The van der Waals surface area contributed by atoms with Gasteiger partial charge in [0.1, 0.15) is 0 Å². The van der Waals surface area contributed by atoms with Crippen molar-refractivity contribution in [2.75, 3.05) is 0 Å². The van der Waals surface area contributed by atoms with Crippen LogP contribution in [0, 0.1) is 6.92 Å². The highest BCUT2D eigenvalue weighted by Gasteiger charge is 2.00. The van der Waals surface area contributed by atoms with Gasteiger partial charge in [-0.1, -0.05) is 54.6 Å². The van der Waals surface area contributed by atoms with Crippen molar-refractivity contribution in [1.82, 2.24) is 0 Å². The van der Waals surface area contributed by atoms with E-state index in [4.69, 9.17) is 4.99 Å². The first kappa shape index (κ1) is 12.3. The van der Waals surface area contributed by atoms with Crippen LogP contribution in [0.2, 0.25) is 0 Å². The molecule has 1 nitrogen and oxygen atoms in total. The van der Waals surface area contributed by atoms with Gasteiger partial charge in [-0.05, 0) is 31.6 Å². The molecule has 0 saturated heterocycles. The number of hydrogen-bond acceptors (Lipinski definition) is 1. The molecular weight excluding hydrogens is 218 g/mol. The molecule has 0 atom stereocenters. The first-order valence-corrected chi connectivity index (χ1v) is 6.13. The summed E-state index contributed by atoms with van der Waals surface area (Å²) in [5.74, 6) is 0. The Balaban J connectivity index is 2.46. The van der Waals surface area contributed by atoms with E-state index in [0.717, 1.165) is 17.0 Å². The van der Waals surface area contributed by atoms with Crippen molar-refractivity contribution in [1.29, 1.82) is 0 Å². The lowest BCUT2D eigenvalue weighted by Crippen LogP contribution is -1.95. The number of para-hydroxylation sites is 1. The molecule has 0 aliphatic rings. The molecule has 0 aliphatic heterocycles. The summed E-state index contributed by atoms with van der Waals surface area (Å²) in [7, 11) is 0. The van der Waals surface area contributed by atoms with Crippen molar-refractivity contribution in [3.8, 4) is 0 Å². The van der Waals surface area contributed by atoms with E-state index in [0.29, 0.717) is 0 Å². The van der Waals surface area contributed by atoms with Gasteiger partial charge >= 0.3 is 0 Å². The summed E-state index contributed by atoms with van der Waals surface area (Å²) in [6.07, 6.45) is 4.06. The van der Waals surface area contributed by atoms with E-state index in [1.165, 1.54) is 5.56 Å². The van der Waals surface area contributed by atoms with Crippen LogP contribution in [0.15, 0.2) is 71.7 Å². The second-order valence-electron chi connectivity index (χ2n) is 4.15. The Hall–Kier alpha value is -2.15. The molecule has 0 spiro atoms. The zero-order chi connectivity index (χ0) is 12.8. The molecule has 0 aromatic heterocycles. The molecule has 2 rings (SSSR count). The third kappa shape index (κ3) is 2.95. The molecule has 0 heterocycles. The summed E-state index contributed by atoms with van der Waals surface area (Å²) in [5.41, 5.74) is 4.34. The van der Waals surface area contributed by atoms with E-state index >= 15 is 0 Å². The smallest absolute Gasteiger partial charge is 0.0706 e. The van der Waals surface area contributed by atoms with Crippen LogP contribution in [0.1, 0.15) is 18.1 Å². The summed E-state index contributed by atoms with van der Waals surface area (Å²) in [5, 5.41) is 0. The van der Waals surface area contributed by atoms with Gasteiger partial charge in [0.05, 0.1) is 11.4 Å². The summed E-state index contributed by atoms with van der Waals surface area (Å²) in [6.45, 7) is 4.09. The Morgan fingerprint density at radius 3 is 2.28 bits per heavy atom. The monoisotopic (exact) mass is 235 g/mol. The average Bonchev–Trinajstić information content (AvgIpc) is 2.42. The van der Waals surface area contributed by atoms with Crippen LogP contribution >= 0.6 is 0 Å². The number of hydrogen-bond donors (Lipinski definition) is 0. The molecule has 0 radical (unpaired) electrons. The predicted octanol–water partition coefficient (Wildman–Crippen LogP) is 4.69. The highest BCUT2D eigenvalue weighted by molar-refractivity contribution is 6.09. The minimum Gasteiger partial charge on any atom is -0.248 e. The number of aliphatic imine (C=N–C) groups is 1. The fraction of sp³-hybridized carbons (Fsp3) is 0.118. The van der Waals surface area contributed by atoms with Gasteiger partial charge in [0.15, 0.2) is 0 Å². The van der Waals surface area contributed by atoms with Gasteiger partial charge in [0, 0.05) is 5.56 Å². The number of benzene rings is 2. The fourth-order valence-corrected chi connectivity index (χ4v) is 1.78. The normalized spacial score (nSPS) is 12.0. The molecule has 0 amide bonds. The molecule has 0 saturated carbocycles. The van der Waals surface area contributed by atoms with E-state index < -0.39 is 0 Å². The van der Waals surface area contributed by atoms with Crippen LogP contribution in [0.25, 0.3) is 0 Å². The van der Waals surface area contributed by atoms with Crippen LogP contribution in [-0.4, -0.2) is 5.71 Å². The minimum atomic E-state index is 0.993. The molecular formula is C17H17N. The Morgan fingerprint density at radius 1 is 0.944 bits per heavy atom. The molecule has 0 fully saturated rings. The summed E-state index contributed by atoms with van der Waals surface area (Å²) >= 11 is 0. The third-order valence-corrected chi connectivity index (χ3v) is 2.75. The lowest BCUT2D eigenvalue weighted by atomic mass is 10.1. The van der Waals surface area contributed by atoms with Gasteiger partial charge in [-0.15, -0.1) is 0 Å². The lowest BCUT2D eigenvalue weighted by Gasteiger charge is -2.04. The second kappa shape index (κ2) is 5.97. The Kier molecular flexibility index (Phi) is 4.08. The number of nitrogens with zero attached hydrogens (tertiary/aromatic N) is 1.